The highest BCUT2D eigenvalue weighted by Gasteiger charge is 2.43. The van der Waals surface area contributed by atoms with E-state index in [1.165, 1.54) is 6.92 Å². The number of methoxy groups -OCH3 is 1. The van der Waals surface area contributed by atoms with Gasteiger partial charge in [0.05, 0.1) is 20.1 Å². The molecule has 0 rings (SSSR count). The molecule has 0 aliphatic rings. The summed E-state index contributed by atoms with van der Waals surface area (Å²) in [5, 5.41) is 28.8. The summed E-state index contributed by atoms with van der Waals surface area (Å²) in [6.45, 7) is 9.65. The molecule has 0 spiro atoms. The van der Waals surface area contributed by atoms with E-state index < -0.39 is 48.4 Å². The first kappa shape index (κ1) is 27.0. The first-order valence-electron chi connectivity index (χ1n) is 9.57. The van der Waals surface area contributed by atoms with Gasteiger partial charge in [0.25, 0.3) is 0 Å². The fraction of sp³-hybridized carbons (Fsp3) is 0.667. The molecule has 0 bridgehead atoms. The van der Waals surface area contributed by atoms with Crippen LogP contribution in [0.4, 0.5) is 0 Å². The number of carbonyl (C=O) groups excluding carboxylic acids is 3. The summed E-state index contributed by atoms with van der Waals surface area (Å²) in [7, 11) is 1.08. The molecule has 0 saturated heterocycles. The van der Waals surface area contributed by atoms with Gasteiger partial charge in [0.15, 0.2) is 11.4 Å². The molecule has 166 valence electrons. The Morgan fingerprint density at radius 3 is 2.24 bits per heavy atom. The smallest absolute Gasteiger partial charge is 0.316 e. The molecular weight excluding hydrogens is 380 g/mol. The monoisotopic (exact) mass is 414 g/mol. The maximum atomic E-state index is 12.5. The van der Waals surface area contributed by atoms with Crippen molar-refractivity contribution in [3.8, 4) is 0 Å². The predicted octanol–water partition coefficient (Wildman–Crippen LogP) is 1.32. The molecule has 0 fully saturated rings. The Morgan fingerprint density at radius 2 is 1.79 bits per heavy atom. The molecule has 8 nitrogen and oxygen atoms in total. The van der Waals surface area contributed by atoms with Crippen molar-refractivity contribution >= 4 is 17.7 Å². The highest BCUT2D eigenvalue weighted by atomic mass is 16.5. The Bertz CT molecular complexity index is 624. The molecule has 0 aliphatic carbocycles. The highest BCUT2D eigenvalue weighted by molar-refractivity contribution is 6.04. The van der Waals surface area contributed by atoms with Crippen LogP contribution in [0.1, 0.15) is 47.0 Å². The third-order valence-electron chi connectivity index (χ3n) is 4.62. The number of hydrogen-bond donors (Lipinski definition) is 3. The fourth-order valence-electron chi connectivity index (χ4n) is 2.77. The summed E-state index contributed by atoms with van der Waals surface area (Å²) in [5.41, 5.74) is -0.926. The topological polar surface area (TPSA) is 130 Å². The van der Waals surface area contributed by atoms with Crippen LogP contribution in [0.5, 0.6) is 0 Å². The Morgan fingerprint density at radius 1 is 1.21 bits per heavy atom. The van der Waals surface area contributed by atoms with Crippen LogP contribution < -0.4 is 0 Å². The van der Waals surface area contributed by atoms with Gasteiger partial charge in [-0.15, -0.1) is 0 Å². The van der Waals surface area contributed by atoms with Crippen LogP contribution in [0.3, 0.4) is 0 Å². The molecule has 0 saturated carbocycles. The van der Waals surface area contributed by atoms with Crippen molar-refractivity contribution in [1.29, 1.82) is 0 Å². The summed E-state index contributed by atoms with van der Waals surface area (Å²) in [4.78, 5) is 36.3. The molecule has 29 heavy (non-hydrogen) atoms. The molecule has 3 N–H and O–H groups in total. The van der Waals surface area contributed by atoms with Gasteiger partial charge in [-0.05, 0) is 38.2 Å². The second-order valence-corrected chi connectivity index (χ2v) is 7.40. The van der Waals surface area contributed by atoms with Gasteiger partial charge in [-0.2, -0.15) is 0 Å². The lowest BCUT2D eigenvalue weighted by Gasteiger charge is -2.26. The van der Waals surface area contributed by atoms with Crippen molar-refractivity contribution in [2.45, 2.75) is 58.7 Å². The highest BCUT2D eigenvalue weighted by Crippen LogP contribution is 2.22. The largest absolute Gasteiger partial charge is 0.469 e. The van der Waals surface area contributed by atoms with Gasteiger partial charge < -0.3 is 24.8 Å². The first-order chi connectivity index (χ1) is 13.4. The molecule has 0 amide bonds. The van der Waals surface area contributed by atoms with Crippen LogP contribution in [0.25, 0.3) is 0 Å². The summed E-state index contributed by atoms with van der Waals surface area (Å²) in [6, 6.07) is 0. The quantitative estimate of drug-likeness (QED) is 0.234. The van der Waals surface area contributed by atoms with Crippen molar-refractivity contribution in [3.63, 3.8) is 0 Å². The van der Waals surface area contributed by atoms with Gasteiger partial charge in [-0.3, -0.25) is 14.4 Å². The first-order valence-corrected chi connectivity index (χ1v) is 9.57. The maximum absolute atomic E-state index is 12.5. The van der Waals surface area contributed by atoms with E-state index in [-0.39, 0.29) is 12.5 Å². The molecule has 0 unspecified atom stereocenters. The van der Waals surface area contributed by atoms with Crippen molar-refractivity contribution in [2.24, 2.45) is 11.8 Å². The molecule has 0 aromatic rings. The number of ether oxygens (including phenoxy) is 2. The van der Waals surface area contributed by atoms with Crippen molar-refractivity contribution < 1.29 is 39.2 Å². The van der Waals surface area contributed by atoms with E-state index in [9.17, 15) is 24.6 Å². The Balaban J connectivity index is 5.23. The van der Waals surface area contributed by atoms with E-state index in [1.807, 2.05) is 13.8 Å². The number of esters is 2. The minimum absolute atomic E-state index is 0.0388. The van der Waals surface area contributed by atoms with Gasteiger partial charge in [0, 0.05) is 6.61 Å². The van der Waals surface area contributed by atoms with Crippen LogP contribution in [-0.4, -0.2) is 65.1 Å². The van der Waals surface area contributed by atoms with E-state index in [0.29, 0.717) is 12.8 Å². The van der Waals surface area contributed by atoms with Crippen LogP contribution in [0.15, 0.2) is 23.8 Å². The van der Waals surface area contributed by atoms with E-state index in [2.05, 4.69) is 11.3 Å². The second-order valence-electron chi connectivity index (χ2n) is 7.40. The number of rotatable bonds is 13. The fourth-order valence-corrected chi connectivity index (χ4v) is 2.77. The second kappa shape index (κ2) is 12.5. The SMILES string of the molecule is C=C(/C=C(\C)[C@H](CC)OC(=O)[C@H](C)C(=O)[C@@](O)(CO)CC(=O)OC)C[C@H](C)CO. The Hall–Kier alpha value is -2.03. The molecular formula is C21H34O8. The third kappa shape index (κ3) is 8.47. The maximum Gasteiger partial charge on any atom is 0.316 e. The summed E-state index contributed by atoms with van der Waals surface area (Å²) in [6.07, 6.45) is 1.44. The Labute approximate surface area is 172 Å². The zero-order chi connectivity index (χ0) is 22.8. The third-order valence-corrected chi connectivity index (χ3v) is 4.62. The summed E-state index contributed by atoms with van der Waals surface area (Å²) in [5.74, 6) is -4.13. The molecule has 0 aromatic heterocycles. The van der Waals surface area contributed by atoms with Crippen LogP contribution in [0, 0.1) is 11.8 Å². The average Bonchev–Trinajstić information content (AvgIpc) is 2.69. The van der Waals surface area contributed by atoms with Gasteiger partial charge >= 0.3 is 11.9 Å². The molecule has 0 aliphatic heterocycles. The van der Waals surface area contributed by atoms with Crippen molar-refractivity contribution in [1.82, 2.24) is 0 Å². The lowest BCUT2D eigenvalue weighted by molar-refractivity contribution is -0.166. The van der Waals surface area contributed by atoms with E-state index in [1.54, 1.807) is 13.0 Å². The minimum Gasteiger partial charge on any atom is -0.469 e. The number of aliphatic hydroxyl groups is 3. The molecule has 0 heterocycles. The number of allylic oxidation sites excluding steroid dienone is 2. The van der Waals surface area contributed by atoms with Crippen molar-refractivity contribution in [2.75, 3.05) is 20.3 Å². The predicted molar refractivity (Wildman–Crippen MR) is 107 cm³/mol. The number of hydrogen-bond acceptors (Lipinski definition) is 8. The van der Waals surface area contributed by atoms with Gasteiger partial charge in [0.2, 0.25) is 0 Å². The molecule has 4 atom stereocenters. The number of carbonyl (C=O) groups is 3. The van der Waals surface area contributed by atoms with E-state index in [0.717, 1.165) is 18.3 Å². The van der Waals surface area contributed by atoms with Gasteiger partial charge in [-0.25, -0.2) is 0 Å². The zero-order valence-electron chi connectivity index (χ0n) is 17.9. The lowest BCUT2D eigenvalue weighted by Crippen LogP contribution is -2.49. The average molecular weight is 414 g/mol. The van der Waals surface area contributed by atoms with Crippen LogP contribution >= 0.6 is 0 Å². The number of Topliss-reactive ketones (excluding diaryl/α,β-unsaturated/α-hetero) is 1. The Kier molecular flexibility index (Phi) is 11.6. The van der Waals surface area contributed by atoms with E-state index >= 15 is 0 Å². The lowest BCUT2D eigenvalue weighted by atomic mass is 9.87. The standard InChI is InChI=1S/C21H34O8/c1-7-17(15(4)9-13(2)8-14(3)11-22)29-20(26)16(5)19(25)21(27,12-23)10-18(24)28-6/h9,14,16-17,22-23,27H,2,7-8,10-12H2,1,3-6H3/b15-9+/t14-,16+,17-,21-/m0/s1. The van der Waals surface area contributed by atoms with Crippen molar-refractivity contribution in [3.05, 3.63) is 23.8 Å². The zero-order valence-corrected chi connectivity index (χ0v) is 17.9. The minimum atomic E-state index is -2.42. The van der Waals surface area contributed by atoms with Crippen LogP contribution in [-0.2, 0) is 23.9 Å². The summed E-state index contributed by atoms with van der Waals surface area (Å²) >= 11 is 0. The molecule has 8 heteroatoms. The molecule has 0 radical (unpaired) electrons. The van der Waals surface area contributed by atoms with E-state index in [4.69, 9.17) is 9.84 Å². The normalized spacial score (nSPS) is 16.9. The number of aliphatic hydroxyl groups excluding tert-OH is 2. The van der Waals surface area contributed by atoms with Crippen LogP contribution in [0.2, 0.25) is 0 Å². The van der Waals surface area contributed by atoms with Gasteiger partial charge in [0.1, 0.15) is 12.0 Å². The molecule has 0 aromatic carbocycles. The van der Waals surface area contributed by atoms with Gasteiger partial charge in [-0.1, -0.05) is 32.1 Å². The number of ketones is 1. The summed E-state index contributed by atoms with van der Waals surface area (Å²) < 4.78 is 9.83.